The molecule has 1 fully saturated rings. The Hall–Kier alpha value is -2.36. The Labute approximate surface area is 157 Å². The molecule has 8 nitrogen and oxygen atoms in total. The molecule has 1 atom stereocenters. The minimum atomic E-state index is -1.70. The number of nitrogens with one attached hydrogen (secondary N) is 1. The first kappa shape index (κ1) is 19.4. The van der Waals surface area contributed by atoms with Gasteiger partial charge in [-0.2, -0.15) is 0 Å². The van der Waals surface area contributed by atoms with E-state index in [1.165, 1.54) is 0 Å². The first-order valence-electron chi connectivity index (χ1n) is 9.01. The highest BCUT2D eigenvalue weighted by Crippen LogP contribution is 2.22. The number of hydrogen-bond donors (Lipinski definition) is 3. The number of likely N-dealkylation sites (N-methyl/N-ethyl adjacent to an activating group) is 1. The van der Waals surface area contributed by atoms with Crippen molar-refractivity contribution in [3.8, 4) is 0 Å². The quantitative estimate of drug-likeness (QED) is 0.573. The molecule has 2 aromatic rings. The van der Waals surface area contributed by atoms with Crippen LogP contribution in [0.3, 0.4) is 0 Å². The van der Waals surface area contributed by atoms with Crippen molar-refractivity contribution in [1.29, 1.82) is 0 Å². The molecule has 2 heterocycles. The third-order valence-electron chi connectivity index (χ3n) is 4.83. The molecule has 0 spiro atoms. The number of furan rings is 1. The van der Waals surface area contributed by atoms with Gasteiger partial charge in [0.1, 0.15) is 5.58 Å². The molecule has 3 N–H and O–H groups in total. The SMILES string of the molecule is CN1CCN(CCC(=O)NC(Cc2coc3ccccc23)B(O)O)C(=O)C1. The second-order valence-corrected chi connectivity index (χ2v) is 6.92. The zero-order valence-electron chi connectivity index (χ0n) is 15.3. The lowest BCUT2D eigenvalue weighted by Crippen LogP contribution is -2.51. The lowest BCUT2D eigenvalue weighted by molar-refractivity contribution is -0.135. The predicted molar refractivity (Wildman–Crippen MR) is 101 cm³/mol. The number of para-hydroxylation sites is 1. The number of carbonyl (C=O) groups excluding carboxylic acids is 2. The van der Waals surface area contributed by atoms with E-state index in [9.17, 15) is 19.6 Å². The molecule has 1 aliphatic heterocycles. The van der Waals surface area contributed by atoms with Crippen LogP contribution in [-0.2, 0) is 16.0 Å². The Morgan fingerprint density at radius 2 is 2.11 bits per heavy atom. The molecule has 1 unspecified atom stereocenters. The molecule has 27 heavy (non-hydrogen) atoms. The molecule has 0 bridgehead atoms. The largest absolute Gasteiger partial charge is 0.475 e. The van der Waals surface area contributed by atoms with Crippen LogP contribution in [0.4, 0.5) is 0 Å². The average Bonchev–Trinajstić information content (AvgIpc) is 3.03. The molecule has 0 radical (unpaired) electrons. The van der Waals surface area contributed by atoms with Gasteiger partial charge in [-0.25, -0.2) is 0 Å². The number of carbonyl (C=O) groups is 2. The van der Waals surface area contributed by atoms with Crippen molar-refractivity contribution in [1.82, 2.24) is 15.1 Å². The first-order chi connectivity index (χ1) is 12.9. The van der Waals surface area contributed by atoms with Crippen LogP contribution in [0.1, 0.15) is 12.0 Å². The molecule has 9 heteroatoms. The van der Waals surface area contributed by atoms with Gasteiger partial charge in [-0.15, -0.1) is 0 Å². The Morgan fingerprint density at radius 1 is 1.33 bits per heavy atom. The van der Waals surface area contributed by atoms with Crippen molar-refractivity contribution in [3.63, 3.8) is 0 Å². The van der Waals surface area contributed by atoms with E-state index in [0.717, 1.165) is 17.5 Å². The second-order valence-electron chi connectivity index (χ2n) is 6.92. The van der Waals surface area contributed by atoms with Crippen molar-refractivity contribution in [2.45, 2.75) is 18.8 Å². The zero-order chi connectivity index (χ0) is 19.4. The zero-order valence-corrected chi connectivity index (χ0v) is 15.3. The molecule has 0 saturated carbocycles. The third kappa shape index (κ3) is 4.88. The van der Waals surface area contributed by atoms with E-state index in [1.54, 1.807) is 11.2 Å². The summed E-state index contributed by atoms with van der Waals surface area (Å²) in [4.78, 5) is 27.8. The van der Waals surface area contributed by atoms with Gasteiger partial charge in [0.15, 0.2) is 0 Å². The van der Waals surface area contributed by atoms with Crippen LogP contribution in [0.25, 0.3) is 11.0 Å². The molecule has 144 valence electrons. The Bertz CT molecular complexity index is 809. The summed E-state index contributed by atoms with van der Waals surface area (Å²) in [6, 6.07) is 7.44. The van der Waals surface area contributed by atoms with Crippen LogP contribution in [0.5, 0.6) is 0 Å². The van der Waals surface area contributed by atoms with E-state index < -0.39 is 13.1 Å². The summed E-state index contributed by atoms with van der Waals surface area (Å²) < 4.78 is 5.46. The van der Waals surface area contributed by atoms with Crippen LogP contribution in [0, 0.1) is 0 Å². The van der Waals surface area contributed by atoms with Crippen LogP contribution in [0.15, 0.2) is 34.9 Å². The summed E-state index contributed by atoms with van der Waals surface area (Å²) in [5.74, 6) is -1.19. The normalized spacial score (nSPS) is 16.6. The fourth-order valence-electron chi connectivity index (χ4n) is 3.24. The maximum atomic E-state index is 12.3. The van der Waals surface area contributed by atoms with E-state index in [4.69, 9.17) is 4.42 Å². The highest BCUT2D eigenvalue weighted by molar-refractivity contribution is 6.43. The van der Waals surface area contributed by atoms with Gasteiger partial charge in [0.2, 0.25) is 11.8 Å². The monoisotopic (exact) mass is 373 g/mol. The molecule has 1 aliphatic rings. The van der Waals surface area contributed by atoms with Gasteiger partial charge in [0, 0.05) is 31.4 Å². The topological polar surface area (TPSA) is 106 Å². The number of fused-ring (bicyclic) bond motifs is 1. The highest BCUT2D eigenvalue weighted by atomic mass is 16.4. The molecular formula is C18H24BN3O5. The fourth-order valence-corrected chi connectivity index (χ4v) is 3.24. The van der Waals surface area contributed by atoms with Crippen LogP contribution in [0.2, 0.25) is 0 Å². The Kier molecular flexibility index (Phi) is 6.15. The molecular weight excluding hydrogens is 349 g/mol. The lowest BCUT2D eigenvalue weighted by Gasteiger charge is -2.32. The number of benzene rings is 1. The minimum Gasteiger partial charge on any atom is -0.464 e. The Balaban J connectivity index is 1.56. The van der Waals surface area contributed by atoms with Crippen LogP contribution < -0.4 is 5.32 Å². The van der Waals surface area contributed by atoms with E-state index in [0.29, 0.717) is 25.2 Å². The molecule has 1 aromatic carbocycles. The summed E-state index contributed by atoms with van der Waals surface area (Å²) in [6.45, 7) is 2.04. The predicted octanol–water partition coefficient (Wildman–Crippen LogP) is -0.364. The average molecular weight is 373 g/mol. The Morgan fingerprint density at radius 3 is 2.85 bits per heavy atom. The smallest absolute Gasteiger partial charge is 0.464 e. The number of piperazine rings is 1. The second kappa shape index (κ2) is 8.56. The van der Waals surface area contributed by atoms with Gasteiger partial charge < -0.3 is 24.7 Å². The van der Waals surface area contributed by atoms with E-state index >= 15 is 0 Å². The number of amides is 2. The summed E-state index contributed by atoms with van der Waals surface area (Å²) in [5.41, 5.74) is 1.50. The van der Waals surface area contributed by atoms with Crippen molar-refractivity contribution in [2.75, 3.05) is 33.2 Å². The number of hydrogen-bond acceptors (Lipinski definition) is 6. The van der Waals surface area contributed by atoms with Crippen molar-refractivity contribution in [3.05, 3.63) is 36.1 Å². The van der Waals surface area contributed by atoms with Crippen LogP contribution in [-0.4, -0.2) is 77.9 Å². The maximum absolute atomic E-state index is 12.3. The van der Waals surface area contributed by atoms with Gasteiger partial charge in [0.05, 0.1) is 18.7 Å². The maximum Gasteiger partial charge on any atom is 0.475 e. The third-order valence-corrected chi connectivity index (χ3v) is 4.83. The van der Waals surface area contributed by atoms with Gasteiger partial charge in [-0.3, -0.25) is 14.5 Å². The van der Waals surface area contributed by atoms with Crippen molar-refractivity contribution in [2.24, 2.45) is 0 Å². The van der Waals surface area contributed by atoms with E-state index in [1.807, 2.05) is 36.2 Å². The summed E-state index contributed by atoms with van der Waals surface area (Å²) in [5, 5.41) is 22.8. The van der Waals surface area contributed by atoms with E-state index in [2.05, 4.69) is 5.32 Å². The van der Waals surface area contributed by atoms with Crippen molar-refractivity contribution >= 4 is 29.9 Å². The lowest BCUT2D eigenvalue weighted by atomic mass is 9.76. The summed E-state index contributed by atoms with van der Waals surface area (Å²) >= 11 is 0. The molecule has 1 saturated heterocycles. The standard InChI is InChI=1S/C18H24BN3O5/c1-21-8-9-22(18(24)11-21)7-6-17(23)20-16(19(25)26)10-13-12-27-15-5-3-2-4-14(13)15/h2-5,12,16,25-26H,6-11H2,1H3,(H,20,23). The molecule has 0 aliphatic carbocycles. The minimum absolute atomic E-state index is 0.000148. The van der Waals surface area contributed by atoms with Gasteiger partial charge in [-0.1, -0.05) is 18.2 Å². The molecule has 3 rings (SSSR count). The van der Waals surface area contributed by atoms with Crippen LogP contribution >= 0.6 is 0 Å². The van der Waals surface area contributed by atoms with Gasteiger partial charge in [0.25, 0.3) is 0 Å². The summed E-state index contributed by atoms with van der Waals surface area (Å²) in [7, 11) is 0.183. The van der Waals surface area contributed by atoms with Gasteiger partial charge in [-0.05, 0) is 25.1 Å². The molecule has 1 aromatic heterocycles. The number of rotatable bonds is 7. The highest BCUT2D eigenvalue weighted by Gasteiger charge is 2.28. The van der Waals surface area contributed by atoms with E-state index in [-0.39, 0.29) is 24.7 Å². The van der Waals surface area contributed by atoms with Crippen molar-refractivity contribution < 1.29 is 24.1 Å². The van der Waals surface area contributed by atoms with Gasteiger partial charge >= 0.3 is 7.12 Å². The number of nitrogens with zero attached hydrogens (tertiary/aromatic N) is 2. The fraction of sp³-hybridized carbons (Fsp3) is 0.444. The summed E-state index contributed by atoms with van der Waals surface area (Å²) in [6.07, 6.45) is 1.91. The first-order valence-corrected chi connectivity index (χ1v) is 9.01. The molecule has 2 amide bonds.